The van der Waals surface area contributed by atoms with Gasteiger partial charge in [0, 0.05) is 37.2 Å². The van der Waals surface area contributed by atoms with Crippen molar-refractivity contribution in [3.63, 3.8) is 0 Å². The molecular weight excluding hydrogens is 468 g/mol. The number of hydrogen-bond acceptors (Lipinski definition) is 5. The molecule has 0 aromatic heterocycles. The third-order valence-electron chi connectivity index (χ3n) is 11.1. The van der Waals surface area contributed by atoms with E-state index in [9.17, 15) is 24.3 Å². The molecule has 4 aliphatic carbocycles. The predicted octanol–water partition coefficient (Wildman–Crippen LogP) is 6.08. The molecule has 4 saturated carbocycles. The minimum atomic E-state index is -0.992. The summed E-state index contributed by atoms with van der Waals surface area (Å²) in [7, 11) is 0. The molecule has 1 N–H and O–H groups in total. The summed E-state index contributed by atoms with van der Waals surface area (Å²) >= 11 is 0. The Bertz CT molecular complexity index is 1080. The van der Waals surface area contributed by atoms with Crippen LogP contribution >= 0.6 is 0 Å². The van der Waals surface area contributed by atoms with Gasteiger partial charge in [-0.15, -0.1) is 0 Å². The lowest BCUT2D eigenvalue weighted by Crippen LogP contribution is -2.64. The summed E-state index contributed by atoms with van der Waals surface area (Å²) in [5.74, 6) is -1.23. The maximum Gasteiger partial charge on any atom is 0.331 e. The molecular formula is C31H44O6. The molecule has 0 saturated heterocycles. The monoisotopic (exact) mass is 512 g/mol. The van der Waals surface area contributed by atoms with Gasteiger partial charge in [0.05, 0.1) is 0 Å². The fourth-order valence-electron chi connectivity index (χ4n) is 9.29. The second-order valence-corrected chi connectivity index (χ2v) is 13.3. The van der Waals surface area contributed by atoms with Crippen LogP contribution in [0.15, 0.2) is 22.8 Å². The van der Waals surface area contributed by atoms with Gasteiger partial charge < -0.3 is 9.84 Å². The summed E-state index contributed by atoms with van der Waals surface area (Å²) in [6.45, 7) is 14.0. The third-order valence-corrected chi connectivity index (χ3v) is 11.1. The fraction of sp³-hybridized carbons (Fsp3) is 0.742. The van der Waals surface area contributed by atoms with Crippen LogP contribution in [0, 0.1) is 39.9 Å². The van der Waals surface area contributed by atoms with E-state index in [1.165, 1.54) is 6.92 Å². The first-order valence-corrected chi connectivity index (χ1v) is 14.0. The van der Waals surface area contributed by atoms with Crippen molar-refractivity contribution < 1.29 is 29.0 Å². The predicted molar refractivity (Wildman–Crippen MR) is 141 cm³/mol. The Morgan fingerprint density at radius 2 is 1.73 bits per heavy atom. The van der Waals surface area contributed by atoms with Crippen molar-refractivity contribution in [3.05, 3.63) is 22.8 Å². The van der Waals surface area contributed by atoms with Crippen LogP contribution in [-0.2, 0) is 23.9 Å². The zero-order chi connectivity index (χ0) is 27.5. The second-order valence-electron chi connectivity index (χ2n) is 13.3. The van der Waals surface area contributed by atoms with Crippen LogP contribution in [-0.4, -0.2) is 34.7 Å². The average molecular weight is 513 g/mol. The molecule has 0 bridgehead atoms. The van der Waals surface area contributed by atoms with Gasteiger partial charge in [-0.2, -0.15) is 0 Å². The van der Waals surface area contributed by atoms with Gasteiger partial charge in [-0.25, -0.2) is 4.79 Å². The van der Waals surface area contributed by atoms with E-state index < -0.39 is 23.5 Å². The number of aliphatic carboxylic acids is 1. The van der Waals surface area contributed by atoms with Crippen LogP contribution in [0.3, 0.4) is 0 Å². The number of ether oxygens (including phenoxy) is 1. The second kappa shape index (κ2) is 9.50. The van der Waals surface area contributed by atoms with Crippen molar-refractivity contribution in [2.24, 2.45) is 39.9 Å². The highest BCUT2D eigenvalue weighted by Crippen LogP contribution is 2.73. The number of carboxylic acids is 1. The van der Waals surface area contributed by atoms with Crippen molar-refractivity contribution in [2.75, 3.05) is 0 Å². The first-order chi connectivity index (χ1) is 17.2. The number of hydrogen-bond donors (Lipinski definition) is 1. The van der Waals surface area contributed by atoms with Crippen molar-refractivity contribution in [2.45, 2.75) is 106 Å². The average Bonchev–Trinajstić information content (AvgIpc) is 3.05. The first-order valence-electron chi connectivity index (χ1n) is 14.0. The Morgan fingerprint density at radius 3 is 2.32 bits per heavy atom. The van der Waals surface area contributed by atoms with Gasteiger partial charge in [0.2, 0.25) is 0 Å². The van der Waals surface area contributed by atoms with E-state index in [-0.39, 0.29) is 46.7 Å². The van der Waals surface area contributed by atoms with Gasteiger partial charge in [-0.3, -0.25) is 14.4 Å². The van der Waals surface area contributed by atoms with Crippen LogP contribution in [0.25, 0.3) is 0 Å². The molecule has 8 atom stereocenters. The summed E-state index contributed by atoms with van der Waals surface area (Å²) in [4.78, 5) is 51.5. The molecule has 0 radical (unpaired) electrons. The molecule has 0 spiro atoms. The minimum absolute atomic E-state index is 0.0388. The summed E-state index contributed by atoms with van der Waals surface area (Å²) in [5.41, 5.74) is 1.05. The van der Waals surface area contributed by atoms with Crippen molar-refractivity contribution in [1.29, 1.82) is 0 Å². The molecule has 6 heteroatoms. The molecule has 6 nitrogen and oxygen atoms in total. The van der Waals surface area contributed by atoms with E-state index >= 15 is 0 Å². The molecule has 4 fully saturated rings. The minimum Gasteiger partial charge on any atom is -0.478 e. The highest BCUT2D eigenvalue weighted by atomic mass is 16.5. The highest BCUT2D eigenvalue weighted by Gasteiger charge is 2.71. The number of carbonyl (C=O) groups excluding carboxylic acids is 3. The topological polar surface area (TPSA) is 97.7 Å². The van der Waals surface area contributed by atoms with E-state index in [4.69, 9.17) is 4.74 Å². The summed E-state index contributed by atoms with van der Waals surface area (Å²) in [5, 5.41) is 10.3. The van der Waals surface area contributed by atoms with Crippen molar-refractivity contribution in [3.8, 4) is 0 Å². The molecule has 4 rings (SSSR count). The Labute approximate surface area is 221 Å². The van der Waals surface area contributed by atoms with Crippen LogP contribution < -0.4 is 0 Å². The Kier molecular flexibility index (Phi) is 7.13. The first kappa shape index (κ1) is 27.8. The number of esters is 1. The Morgan fingerprint density at radius 1 is 1.05 bits per heavy atom. The van der Waals surface area contributed by atoms with Crippen LogP contribution in [0.4, 0.5) is 0 Å². The van der Waals surface area contributed by atoms with Crippen LogP contribution in [0.2, 0.25) is 0 Å². The molecule has 0 heterocycles. The molecule has 0 aliphatic heterocycles. The number of carbonyl (C=O) groups is 4. The van der Waals surface area contributed by atoms with Gasteiger partial charge in [-0.1, -0.05) is 39.3 Å². The SMILES string of the molecule is CC(=O)O[C@H]1C[C@@]2(C)[C@@H](CC(=O)[C@H]3[C@@]4(C)CCC(=O)[C@@H](C)[C@@H]4CC[C@@]32C)/C1=C(\CCC=C(C)C)C(=O)O. The zero-order valence-corrected chi connectivity index (χ0v) is 23.6. The van der Waals surface area contributed by atoms with Crippen molar-refractivity contribution in [1.82, 2.24) is 0 Å². The van der Waals surface area contributed by atoms with E-state index in [0.717, 1.165) is 24.8 Å². The van der Waals surface area contributed by atoms with E-state index in [1.54, 1.807) is 0 Å². The lowest BCUT2D eigenvalue weighted by Gasteiger charge is -2.66. The van der Waals surface area contributed by atoms with Gasteiger partial charge in [0.15, 0.2) is 0 Å². The molecule has 0 unspecified atom stereocenters. The number of allylic oxidation sites excluding steroid dienone is 2. The molecule has 37 heavy (non-hydrogen) atoms. The van der Waals surface area contributed by atoms with Crippen LogP contribution in [0.5, 0.6) is 0 Å². The molecule has 0 aromatic carbocycles. The number of fused-ring (bicyclic) bond motifs is 5. The van der Waals surface area contributed by atoms with E-state index in [0.29, 0.717) is 42.6 Å². The lowest BCUT2D eigenvalue weighted by molar-refractivity contribution is -0.191. The van der Waals surface area contributed by atoms with Gasteiger partial charge in [0.25, 0.3) is 0 Å². The summed E-state index contributed by atoms with van der Waals surface area (Å²) < 4.78 is 5.83. The van der Waals surface area contributed by atoms with Crippen molar-refractivity contribution >= 4 is 23.5 Å². The van der Waals surface area contributed by atoms with Gasteiger partial charge >= 0.3 is 11.9 Å². The highest BCUT2D eigenvalue weighted by molar-refractivity contribution is 5.90. The normalized spacial score (nSPS) is 42.3. The van der Waals surface area contributed by atoms with E-state index in [2.05, 4.69) is 20.8 Å². The molecule has 0 amide bonds. The largest absolute Gasteiger partial charge is 0.478 e. The number of carboxylic acid groups (broad SMARTS) is 1. The quantitative estimate of drug-likeness (QED) is 0.272. The maximum absolute atomic E-state index is 14.2. The summed E-state index contributed by atoms with van der Waals surface area (Å²) in [6, 6.07) is 0. The standard InChI is InChI=1S/C31H44O6/c1-17(2)9-8-10-20(28(35)36)26-22-15-24(34)27-29(5)13-12-23(33)18(3)21(29)11-14-30(27,6)31(22,7)16-25(26)37-19(4)32/h9,18,21-22,25,27H,8,10-16H2,1-7H3,(H,35,36)/b26-20-/t18-,21-,22-,25-,27-,29-,30-,31-/m0/s1. The smallest absolute Gasteiger partial charge is 0.331 e. The fourth-order valence-corrected chi connectivity index (χ4v) is 9.29. The molecule has 0 aromatic rings. The molecule has 4 aliphatic rings. The lowest BCUT2D eigenvalue weighted by atomic mass is 9.37. The Balaban J connectivity index is 1.83. The maximum atomic E-state index is 14.2. The number of rotatable bonds is 5. The van der Waals surface area contributed by atoms with Gasteiger partial charge in [0.1, 0.15) is 17.7 Å². The summed E-state index contributed by atoms with van der Waals surface area (Å²) in [6.07, 6.45) is 6.06. The number of Topliss-reactive ketones (excluding diaryl/α,β-unsaturated/α-hetero) is 2. The Hall–Kier alpha value is -2.24. The number of ketones is 2. The van der Waals surface area contributed by atoms with Gasteiger partial charge in [-0.05, 0) is 86.0 Å². The van der Waals surface area contributed by atoms with E-state index in [1.807, 2.05) is 26.8 Å². The van der Waals surface area contributed by atoms with Crippen LogP contribution in [0.1, 0.15) is 99.8 Å². The third kappa shape index (κ3) is 4.23. The zero-order valence-electron chi connectivity index (χ0n) is 23.6. The molecule has 204 valence electrons.